The van der Waals surface area contributed by atoms with E-state index in [0.717, 1.165) is 27.6 Å². The molecule has 0 saturated carbocycles. The van der Waals surface area contributed by atoms with Crippen LogP contribution in [-0.4, -0.2) is 51.3 Å². The number of sulfonamides is 1. The summed E-state index contributed by atoms with van der Waals surface area (Å²) in [5, 5.41) is 2.54. The van der Waals surface area contributed by atoms with Crippen LogP contribution in [0.3, 0.4) is 0 Å². The lowest BCUT2D eigenvalue weighted by atomic mass is 10.1. The Kier molecular flexibility index (Phi) is 8.82. The summed E-state index contributed by atoms with van der Waals surface area (Å²) in [6.45, 7) is 3.08. The van der Waals surface area contributed by atoms with Gasteiger partial charge in [-0.25, -0.2) is 12.8 Å². The first-order chi connectivity index (χ1) is 17.1. The SMILES string of the molecule is CNC(=O)[C@H](C)N(CCc1ccccc1)C(=O)CN(c1ccc(F)cc1)S(=O)(=O)c1ccc(C)cc1. The third-order valence-corrected chi connectivity index (χ3v) is 7.69. The molecule has 0 saturated heterocycles. The number of amides is 2. The molecule has 0 bridgehead atoms. The van der Waals surface area contributed by atoms with Crippen molar-refractivity contribution in [3.05, 3.63) is 95.8 Å². The topological polar surface area (TPSA) is 86.8 Å². The second-order valence-electron chi connectivity index (χ2n) is 8.41. The Morgan fingerprint density at radius 2 is 1.56 bits per heavy atom. The van der Waals surface area contributed by atoms with Crippen LogP contribution in [0.15, 0.2) is 83.8 Å². The van der Waals surface area contributed by atoms with Crippen molar-refractivity contribution in [2.75, 3.05) is 24.4 Å². The van der Waals surface area contributed by atoms with Crippen molar-refractivity contribution >= 4 is 27.5 Å². The number of nitrogens with one attached hydrogen (secondary N) is 1. The quantitative estimate of drug-likeness (QED) is 0.451. The molecule has 0 aromatic heterocycles. The van der Waals surface area contributed by atoms with E-state index >= 15 is 0 Å². The minimum Gasteiger partial charge on any atom is -0.357 e. The molecule has 2 amide bonds. The second kappa shape index (κ2) is 11.8. The molecular weight excluding hydrogens is 481 g/mol. The molecule has 0 heterocycles. The fourth-order valence-corrected chi connectivity index (χ4v) is 5.17. The zero-order valence-electron chi connectivity index (χ0n) is 20.5. The molecule has 9 heteroatoms. The van der Waals surface area contributed by atoms with Crippen molar-refractivity contribution in [1.29, 1.82) is 0 Å². The van der Waals surface area contributed by atoms with Crippen LogP contribution in [0.4, 0.5) is 10.1 Å². The maximum atomic E-state index is 13.6. The van der Waals surface area contributed by atoms with E-state index in [4.69, 9.17) is 0 Å². The number of benzene rings is 3. The third-order valence-electron chi connectivity index (χ3n) is 5.90. The van der Waals surface area contributed by atoms with Gasteiger partial charge in [0.1, 0.15) is 18.4 Å². The predicted octanol–water partition coefficient (Wildman–Crippen LogP) is 3.54. The van der Waals surface area contributed by atoms with Crippen molar-refractivity contribution in [3.8, 4) is 0 Å². The van der Waals surface area contributed by atoms with Crippen LogP contribution >= 0.6 is 0 Å². The first-order valence-electron chi connectivity index (χ1n) is 11.5. The summed E-state index contributed by atoms with van der Waals surface area (Å²) in [6.07, 6.45) is 0.481. The summed E-state index contributed by atoms with van der Waals surface area (Å²) in [6, 6.07) is 19.8. The molecular formula is C27H30FN3O4S. The number of likely N-dealkylation sites (N-methyl/N-ethyl adjacent to an activating group) is 1. The number of carbonyl (C=O) groups is 2. The van der Waals surface area contributed by atoms with Crippen molar-refractivity contribution in [2.24, 2.45) is 0 Å². The van der Waals surface area contributed by atoms with Gasteiger partial charge in [0.05, 0.1) is 10.6 Å². The molecule has 0 unspecified atom stereocenters. The number of nitrogens with zero attached hydrogens (tertiary/aromatic N) is 2. The molecule has 0 fully saturated rings. The highest BCUT2D eigenvalue weighted by Crippen LogP contribution is 2.25. The fourth-order valence-electron chi connectivity index (χ4n) is 3.75. The van der Waals surface area contributed by atoms with Crippen LogP contribution in [0.25, 0.3) is 0 Å². The summed E-state index contributed by atoms with van der Waals surface area (Å²) < 4.78 is 41.8. The molecule has 190 valence electrons. The molecule has 1 N–H and O–H groups in total. The lowest BCUT2D eigenvalue weighted by Crippen LogP contribution is -2.51. The van der Waals surface area contributed by atoms with Crippen LogP contribution in [-0.2, 0) is 26.0 Å². The van der Waals surface area contributed by atoms with E-state index in [1.165, 1.54) is 36.2 Å². The van der Waals surface area contributed by atoms with E-state index in [9.17, 15) is 22.4 Å². The molecule has 7 nitrogen and oxygen atoms in total. The van der Waals surface area contributed by atoms with Gasteiger partial charge >= 0.3 is 0 Å². The number of rotatable bonds is 10. The predicted molar refractivity (Wildman–Crippen MR) is 137 cm³/mol. The van der Waals surface area contributed by atoms with Gasteiger partial charge in [-0.2, -0.15) is 0 Å². The highest BCUT2D eigenvalue weighted by Gasteiger charge is 2.32. The molecule has 1 atom stereocenters. The van der Waals surface area contributed by atoms with Crippen molar-refractivity contribution in [1.82, 2.24) is 10.2 Å². The van der Waals surface area contributed by atoms with Crippen LogP contribution in [0, 0.1) is 12.7 Å². The molecule has 3 rings (SSSR count). The number of aryl methyl sites for hydroxylation is 1. The molecule has 0 aliphatic carbocycles. The van der Waals surface area contributed by atoms with Gasteiger partial charge in [-0.05, 0) is 62.2 Å². The molecule has 0 aliphatic rings. The van der Waals surface area contributed by atoms with Gasteiger partial charge in [-0.15, -0.1) is 0 Å². The Morgan fingerprint density at radius 1 is 0.944 bits per heavy atom. The lowest BCUT2D eigenvalue weighted by Gasteiger charge is -2.31. The number of halogens is 1. The smallest absolute Gasteiger partial charge is 0.264 e. The number of hydrogen-bond acceptors (Lipinski definition) is 4. The maximum absolute atomic E-state index is 13.6. The van der Waals surface area contributed by atoms with E-state index in [0.29, 0.717) is 6.42 Å². The monoisotopic (exact) mass is 511 g/mol. The zero-order chi connectivity index (χ0) is 26.3. The van der Waals surface area contributed by atoms with Crippen LogP contribution in [0.5, 0.6) is 0 Å². The van der Waals surface area contributed by atoms with Gasteiger partial charge in [0, 0.05) is 13.6 Å². The van der Waals surface area contributed by atoms with Crippen molar-refractivity contribution < 1.29 is 22.4 Å². The van der Waals surface area contributed by atoms with Gasteiger partial charge in [0.15, 0.2) is 0 Å². The summed E-state index contributed by atoms with van der Waals surface area (Å²) in [7, 11) is -2.69. The third kappa shape index (κ3) is 6.48. The van der Waals surface area contributed by atoms with Gasteiger partial charge in [-0.3, -0.25) is 13.9 Å². The highest BCUT2D eigenvalue weighted by atomic mass is 32.2. The second-order valence-corrected chi connectivity index (χ2v) is 10.3. The van der Waals surface area contributed by atoms with Crippen molar-refractivity contribution in [2.45, 2.75) is 31.2 Å². The average molecular weight is 512 g/mol. The molecule has 0 radical (unpaired) electrons. The van der Waals surface area contributed by atoms with E-state index in [-0.39, 0.29) is 23.0 Å². The van der Waals surface area contributed by atoms with E-state index in [2.05, 4.69) is 5.32 Å². The van der Waals surface area contributed by atoms with Crippen LogP contribution in [0.2, 0.25) is 0 Å². The fraction of sp³-hybridized carbons (Fsp3) is 0.259. The van der Waals surface area contributed by atoms with Crippen LogP contribution < -0.4 is 9.62 Å². The largest absolute Gasteiger partial charge is 0.357 e. The highest BCUT2D eigenvalue weighted by molar-refractivity contribution is 7.92. The van der Waals surface area contributed by atoms with Crippen LogP contribution in [0.1, 0.15) is 18.1 Å². The number of carbonyl (C=O) groups excluding carboxylic acids is 2. The maximum Gasteiger partial charge on any atom is 0.264 e. The van der Waals surface area contributed by atoms with Gasteiger partial charge < -0.3 is 10.2 Å². The standard InChI is InChI=1S/C27H30FN3O4S/c1-20-9-15-25(16-10-20)36(34,35)31(24-13-11-23(28)12-14-24)19-26(32)30(21(2)27(33)29-3)18-17-22-7-5-4-6-8-22/h4-16,21H,17-19H2,1-3H3,(H,29,33)/t21-/m0/s1. The summed E-state index contributed by atoms with van der Waals surface area (Å²) in [5.74, 6) is -1.45. The molecule has 0 spiro atoms. The first kappa shape index (κ1) is 26.9. The summed E-state index contributed by atoms with van der Waals surface area (Å²) >= 11 is 0. The van der Waals surface area contributed by atoms with Gasteiger partial charge in [0.25, 0.3) is 10.0 Å². The number of hydrogen-bond donors (Lipinski definition) is 1. The van der Waals surface area contributed by atoms with Gasteiger partial charge in [0.2, 0.25) is 11.8 Å². The Balaban J connectivity index is 1.96. The molecule has 36 heavy (non-hydrogen) atoms. The Bertz CT molecular complexity index is 1280. The summed E-state index contributed by atoms with van der Waals surface area (Å²) in [4.78, 5) is 27.4. The molecule has 3 aromatic carbocycles. The minimum absolute atomic E-state index is 0.000380. The first-order valence-corrected chi connectivity index (χ1v) is 13.0. The van der Waals surface area contributed by atoms with E-state index in [1.54, 1.807) is 19.1 Å². The Morgan fingerprint density at radius 3 is 2.14 bits per heavy atom. The van der Waals surface area contributed by atoms with Crippen molar-refractivity contribution in [3.63, 3.8) is 0 Å². The number of anilines is 1. The Labute approximate surface area is 211 Å². The lowest BCUT2D eigenvalue weighted by molar-refractivity contribution is -0.138. The summed E-state index contributed by atoms with van der Waals surface area (Å²) in [5.41, 5.74) is 1.99. The van der Waals surface area contributed by atoms with E-state index < -0.39 is 34.3 Å². The zero-order valence-corrected chi connectivity index (χ0v) is 21.3. The van der Waals surface area contributed by atoms with E-state index in [1.807, 2.05) is 37.3 Å². The molecule has 3 aromatic rings. The Hall–Kier alpha value is -3.72. The normalized spacial score (nSPS) is 12.0. The average Bonchev–Trinajstić information content (AvgIpc) is 2.88. The minimum atomic E-state index is -4.17. The molecule has 0 aliphatic heterocycles. The van der Waals surface area contributed by atoms with Gasteiger partial charge in [-0.1, -0.05) is 48.0 Å².